The second-order valence-electron chi connectivity index (χ2n) is 3.02. The van der Waals surface area contributed by atoms with Gasteiger partial charge < -0.3 is 0 Å². The molecule has 4 nitrogen and oxygen atoms in total. The van der Waals surface area contributed by atoms with Crippen LogP contribution in [-0.2, 0) is 6.54 Å². The van der Waals surface area contributed by atoms with Gasteiger partial charge in [-0.15, -0.1) is 0 Å². The molecule has 0 radical (unpaired) electrons. The second-order valence-corrected chi connectivity index (χ2v) is 3.69. The first-order valence-corrected chi connectivity index (χ1v) is 5.02. The van der Waals surface area contributed by atoms with Gasteiger partial charge >= 0.3 is 0 Å². The van der Waals surface area contributed by atoms with Gasteiger partial charge in [0.15, 0.2) is 0 Å². The summed E-state index contributed by atoms with van der Waals surface area (Å²) < 4.78 is 5.59. The lowest BCUT2D eigenvalue weighted by atomic mass is 10.3. The van der Waals surface area contributed by atoms with Gasteiger partial charge in [0.1, 0.15) is 12.2 Å². The van der Waals surface area contributed by atoms with Gasteiger partial charge in [-0.3, -0.25) is 9.48 Å². The number of carbonyl (C=O) groups is 1. The Morgan fingerprint density at radius 1 is 1.64 bits per heavy atom. The van der Waals surface area contributed by atoms with E-state index in [9.17, 15) is 4.79 Å². The summed E-state index contributed by atoms with van der Waals surface area (Å²) in [6, 6.07) is 1.73. The molecule has 0 amide bonds. The number of hydrogen-bond donors (Lipinski definition) is 0. The Morgan fingerprint density at radius 3 is 3.07 bits per heavy atom. The van der Waals surface area contributed by atoms with Crippen LogP contribution in [0.5, 0.6) is 0 Å². The summed E-state index contributed by atoms with van der Waals surface area (Å²) in [5, 5.41) is 5.83. The van der Waals surface area contributed by atoms with E-state index in [1.807, 2.05) is 13.1 Å². The molecule has 2 aromatic heterocycles. The van der Waals surface area contributed by atoms with Crippen LogP contribution in [0.2, 0.25) is 0 Å². The Balaban J connectivity index is 2.09. The van der Waals surface area contributed by atoms with E-state index in [0.29, 0.717) is 5.69 Å². The van der Waals surface area contributed by atoms with Crippen molar-refractivity contribution in [1.29, 1.82) is 0 Å². The number of carbonyl (C=O) groups excluding carboxylic acids is 1. The maximum Gasteiger partial charge on any atom is 0.203 e. The van der Waals surface area contributed by atoms with Crippen molar-refractivity contribution in [2.75, 3.05) is 0 Å². The third kappa shape index (κ3) is 1.88. The van der Waals surface area contributed by atoms with E-state index < -0.39 is 0 Å². The second kappa shape index (κ2) is 3.71. The maximum absolute atomic E-state index is 11.6. The largest absolute Gasteiger partial charge is 0.290 e. The first-order chi connectivity index (χ1) is 6.75. The summed E-state index contributed by atoms with van der Waals surface area (Å²) in [5.41, 5.74) is 1.57. The number of rotatable bonds is 3. The van der Waals surface area contributed by atoms with Gasteiger partial charge in [-0.05, 0) is 30.1 Å². The average molecular weight is 207 g/mol. The van der Waals surface area contributed by atoms with E-state index in [4.69, 9.17) is 0 Å². The van der Waals surface area contributed by atoms with E-state index in [-0.39, 0.29) is 12.3 Å². The fraction of sp³-hybridized carbons (Fsp3) is 0.222. The molecule has 0 fully saturated rings. The van der Waals surface area contributed by atoms with Gasteiger partial charge in [-0.25, -0.2) is 0 Å². The molecular weight excluding hydrogens is 198 g/mol. The molecule has 2 rings (SSSR count). The van der Waals surface area contributed by atoms with Gasteiger partial charge in [0.25, 0.3) is 0 Å². The highest BCUT2D eigenvalue weighted by molar-refractivity contribution is 7.03. The highest BCUT2D eigenvalue weighted by Crippen LogP contribution is 2.03. The zero-order valence-corrected chi connectivity index (χ0v) is 8.49. The number of nitrogens with zero attached hydrogens (tertiary/aromatic N) is 3. The van der Waals surface area contributed by atoms with Crippen molar-refractivity contribution in [3.8, 4) is 0 Å². The highest BCUT2D eigenvalue weighted by Gasteiger charge is 2.08. The van der Waals surface area contributed by atoms with Gasteiger partial charge in [0.05, 0.1) is 6.20 Å². The molecular formula is C9H9N3OS. The number of hydrogen-bond acceptors (Lipinski definition) is 4. The van der Waals surface area contributed by atoms with Gasteiger partial charge in [0, 0.05) is 11.6 Å². The van der Waals surface area contributed by atoms with Crippen LogP contribution in [-0.4, -0.2) is 19.9 Å². The molecule has 0 bridgehead atoms. The van der Waals surface area contributed by atoms with Crippen LogP contribution >= 0.6 is 11.5 Å². The van der Waals surface area contributed by atoms with E-state index in [1.165, 1.54) is 11.5 Å². The standard InChI is InChI=1S/C9H9N3OS/c1-7-4-10-12(5-7)6-9(13)8-2-3-14-11-8/h2-5H,6H2,1H3. The maximum atomic E-state index is 11.6. The molecule has 2 aromatic rings. The van der Waals surface area contributed by atoms with Crippen molar-refractivity contribution in [3.63, 3.8) is 0 Å². The predicted octanol–water partition coefficient (Wildman–Crippen LogP) is 1.53. The molecule has 0 saturated carbocycles. The summed E-state index contributed by atoms with van der Waals surface area (Å²) in [6.45, 7) is 2.20. The SMILES string of the molecule is Cc1cnn(CC(=O)c2ccsn2)c1. The lowest BCUT2D eigenvalue weighted by molar-refractivity contribution is 0.0964. The van der Waals surface area contributed by atoms with Crippen LogP contribution in [0.3, 0.4) is 0 Å². The van der Waals surface area contributed by atoms with Crippen LogP contribution < -0.4 is 0 Å². The van der Waals surface area contributed by atoms with E-state index in [1.54, 1.807) is 22.3 Å². The topological polar surface area (TPSA) is 47.8 Å². The Labute approximate surface area is 85.4 Å². The molecule has 0 aromatic carbocycles. The number of aromatic nitrogens is 3. The quantitative estimate of drug-likeness (QED) is 0.717. The minimum atomic E-state index is -0.00523. The molecule has 2 heterocycles. The van der Waals surface area contributed by atoms with Crippen LogP contribution in [0.4, 0.5) is 0 Å². The zero-order chi connectivity index (χ0) is 9.97. The van der Waals surface area contributed by atoms with Crippen molar-refractivity contribution in [3.05, 3.63) is 35.1 Å². The first-order valence-electron chi connectivity index (χ1n) is 4.18. The summed E-state index contributed by atoms with van der Waals surface area (Å²) in [6.07, 6.45) is 3.57. The predicted molar refractivity (Wildman–Crippen MR) is 53.4 cm³/mol. The third-order valence-electron chi connectivity index (χ3n) is 1.79. The molecule has 0 spiro atoms. The minimum Gasteiger partial charge on any atom is -0.290 e. The lowest BCUT2D eigenvalue weighted by Crippen LogP contribution is -2.10. The highest BCUT2D eigenvalue weighted by atomic mass is 32.1. The fourth-order valence-electron chi connectivity index (χ4n) is 1.14. The smallest absolute Gasteiger partial charge is 0.203 e. The third-order valence-corrected chi connectivity index (χ3v) is 2.35. The Kier molecular flexibility index (Phi) is 2.41. The number of aryl methyl sites for hydroxylation is 1. The molecule has 0 saturated heterocycles. The Morgan fingerprint density at radius 2 is 2.50 bits per heavy atom. The van der Waals surface area contributed by atoms with E-state index in [2.05, 4.69) is 9.47 Å². The summed E-state index contributed by atoms with van der Waals surface area (Å²) in [7, 11) is 0. The molecule has 72 valence electrons. The zero-order valence-electron chi connectivity index (χ0n) is 7.67. The van der Waals surface area contributed by atoms with Gasteiger partial charge in [-0.2, -0.15) is 9.47 Å². The number of ketones is 1. The van der Waals surface area contributed by atoms with Crippen LogP contribution in [0.15, 0.2) is 23.8 Å². The van der Waals surface area contributed by atoms with Gasteiger partial charge in [-0.1, -0.05) is 0 Å². The van der Waals surface area contributed by atoms with Crippen molar-refractivity contribution >= 4 is 17.3 Å². The van der Waals surface area contributed by atoms with E-state index >= 15 is 0 Å². The normalized spacial score (nSPS) is 10.4. The minimum absolute atomic E-state index is 0.00523. The molecule has 0 unspecified atom stereocenters. The van der Waals surface area contributed by atoms with Crippen molar-refractivity contribution in [1.82, 2.24) is 14.2 Å². The lowest BCUT2D eigenvalue weighted by Gasteiger charge is -1.96. The molecule has 0 aliphatic carbocycles. The van der Waals surface area contributed by atoms with E-state index in [0.717, 1.165) is 5.56 Å². The Bertz CT molecular complexity index is 433. The van der Waals surface area contributed by atoms with Crippen molar-refractivity contribution in [2.24, 2.45) is 0 Å². The van der Waals surface area contributed by atoms with Crippen LogP contribution in [0, 0.1) is 6.92 Å². The molecule has 14 heavy (non-hydrogen) atoms. The fourth-order valence-corrected chi connectivity index (χ4v) is 1.66. The summed E-state index contributed by atoms with van der Waals surface area (Å²) in [5.74, 6) is -0.00523. The summed E-state index contributed by atoms with van der Waals surface area (Å²) >= 11 is 1.28. The molecule has 0 N–H and O–H groups in total. The van der Waals surface area contributed by atoms with Crippen LogP contribution in [0.25, 0.3) is 0 Å². The first kappa shape index (κ1) is 9.08. The average Bonchev–Trinajstić information content (AvgIpc) is 2.75. The molecule has 5 heteroatoms. The Hall–Kier alpha value is -1.49. The monoisotopic (exact) mass is 207 g/mol. The summed E-state index contributed by atoms with van der Waals surface area (Å²) in [4.78, 5) is 11.6. The molecule has 0 aliphatic heterocycles. The molecule has 0 atom stereocenters. The number of Topliss-reactive ketones (excluding diaryl/α,β-unsaturated/α-hetero) is 1. The van der Waals surface area contributed by atoms with Crippen molar-refractivity contribution < 1.29 is 4.79 Å². The molecule has 0 aliphatic rings. The van der Waals surface area contributed by atoms with Crippen LogP contribution in [0.1, 0.15) is 16.1 Å². The van der Waals surface area contributed by atoms with Gasteiger partial charge in [0.2, 0.25) is 5.78 Å². The van der Waals surface area contributed by atoms with Crippen molar-refractivity contribution in [2.45, 2.75) is 13.5 Å².